The molecule has 0 aliphatic rings. The second-order valence-electron chi connectivity index (χ2n) is 8.18. The number of hydrogen-bond donors (Lipinski definition) is 2. The first-order valence-corrected chi connectivity index (χ1v) is 13.0. The SMILES string of the molecule is CCCS(=O)(=O)Nc1cccc(C(=O)N(C)CCCCCc2cc(-c3ccccc3)n[nH]2)c1. The number of rotatable bonds is 12. The first-order chi connectivity index (χ1) is 15.9. The molecule has 33 heavy (non-hydrogen) atoms. The van der Waals surface area contributed by atoms with E-state index in [0.717, 1.165) is 42.6 Å². The summed E-state index contributed by atoms with van der Waals surface area (Å²) in [5.74, 6) is -0.0652. The zero-order chi connectivity index (χ0) is 23.7. The van der Waals surface area contributed by atoms with E-state index in [1.54, 1.807) is 36.2 Å². The number of nitrogens with one attached hydrogen (secondary N) is 2. The minimum absolute atomic E-state index is 0.0528. The largest absolute Gasteiger partial charge is 0.342 e. The van der Waals surface area contributed by atoms with Crippen molar-refractivity contribution in [3.63, 3.8) is 0 Å². The van der Waals surface area contributed by atoms with E-state index < -0.39 is 10.0 Å². The molecule has 2 N–H and O–H groups in total. The molecule has 0 aliphatic carbocycles. The molecule has 0 fully saturated rings. The maximum atomic E-state index is 12.7. The van der Waals surface area contributed by atoms with E-state index in [9.17, 15) is 13.2 Å². The number of benzene rings is 2. The van der Waals surface area contributed by atoms with Gasteiger partial charge in [-0.2, -0.15) is 5.10 Å². The van der Waals surface area contributed by atoms with Crippen molar-refractivity contribution in [1.29, 1.82) is 0 Å². The van der Waals surface area contributed by atoms with E-state index in [1.807, 2.05) is 37.3 Å². The van der Waals surface area contributed by atoms with E-state index in [-0.39, 0.29) is 11.7 Å². The Kier molecular flexibility index (Phi) is 8.65. The Morgan fingerprint density at radius 2 is 1.82 bits per heavy atom. The zero-order valence-corrected chi connectivity index (χ0v) is 20.1. The number of unbranched alkanes of at least 4 members (excludes halogenated alkanes) is 2. The van der Waals surface area contributed by atoms with Crippen molar-refractivity contribution in [2.45, 2.75) is 39.0 Å². The summed E-state index contributed by atoms with van der Waals surface area (Å²) < 4.78 is 26.5. The van der Waals surface area contributed by atoms with Gasteiger partial charge in [-0.15, -0.1) is 0 Å². The van der Waals surface area contributed by atoms with E-state index >= 15 is 0 Å². The maximum absolute atomic E-state index is 12.7. The van der Waals surface area contributed by atoms with Crippen LogP contribution in [0.15, 0.2) is 60.7 Å². The standard InChI is InChI=1S/C25H32N4O3S/c1-3-17-33(31,32)28-23-15-10-13-21(18-23)25(30)29(2)16-9-5-8-14-22-19-24(27-26-22)20-11-6-4-7-12-20/h4,6-7,10-13,15,18-19,28H,3,5,8-9,14,16-17H2,1-2H3,(H,26,27). The number of aryl methyl sites for hydroxylation is 1. The fourth-order valence-corrected chi connectivity index (χ4v) is 4.75. The van der Waals surface area contributed by atoms with Crippen LogP contribution < -0.4 is 4.72 Å². The molecule has 1 aromatic heterocycles. The van der Waals surface area contributed by atoms with Crippen molar-refractivity contribution in [2.24, 2.45) is 0 Å². The van der Waals surface area contributed by atoms with E-state index in [4.69, 9.17) is 0 Å². The summed E-state index contributed by atoms with van der Waals surface area (Å²) in [4.78, 5) is 14.4. The van der Waals surface area contributed by atoms with Gasteiger partial charge < -0.3 is 4.90 Å². The maximum Gasteiger partial charge on any atom is 0.253 e. The predicted octanol–water partition coefficient (Wildman–Crippen LogP) is 4.71. The van der Waals surface area contributed by atoms with Gasteiger partial charge in [-0.1, -0.05) is 49.7 Å². The molecule has 1 heterocycles. The van der Waals surface area contributed by atoms with Gasteiger partial charge in [-0.05, 0) is 49.9 Å². The van der Waals surface area contributed by atoms with Gasteiger partial charge in [0.15, 0.2) is 0 Å². The molecule has 0 saturated heterocycles. The van der Waals surface area contributed by atoms with Crippen molar-refractivity contribution in [1.82, 2.24) is 15.1 Å². The van der Waals surface area contributed by atoms with Crippen molar-refractivity contribution in [3.8, 4) is 11.3 Å². The minimum atomic E-state index is -3.39. The monoisotopic (exact) mass is 468 g/mol. The first-order valence-electron chi connectivity index (χ1n) is 11.3. The molecule has 0 spiro atoms. The van der Waals surface area contributed by atoms with E-state index in [0.29, 0.717) is 24.2 Å². The van der Waals surface area contributed by atoms with Crippen LogP contribution in [0.1, 0.15) is 48.7 Å². The molecule has 8 heteroatoms. The Bertz CT molecular complexity index is 1140. The molecular formula is C25H32N4O3S. The van der Waals surface area contributed by atoms with E-state index in [2.05, 4.69) is 21.0 Å². The average molecular weight is 469 g/mol. The highest BCUT2D eigenvalue weighted by molar-refractivity contribution is 7.92. The highest BCUT2D eigenvalue weighted by atomic mass is 32.2. The average Bonchev–Trinajstić information content (AvgIpc) is 3.27. The van der Waals surface area contributed by atoms with Crippen molar-refractivity contribution in [3.05, 3.63) is 71.9 Å². The number of aromatic nitrogens is 2. The third-order valence-electron chi connectivity index (χ3n) is 5.34. The lowest BCUT2D eigenvalue weighted by atomic mass is 10.1. The molecular weight excluding hydrogens is 436 g/mol. The molecule has 176 valence electrons. The normalized spacial score (nSPS) is 11.3. The summed E-state index contributed by atoms with van der Waals surface area (Å²) in [5.41, 5.74) is 4.05. The summed E-state index contributed by atoms with van der Waals surface area (Å²) >= 11 is 0. The molecule has 0 atom stereocenters. The summed E-state index contributed by atoms with van der Waals surface area (Å²) in [5, 5.41) is 7.50. The molecule has 0 unspecified atom stereocenters. The van der Waals surface area contributed by atoms with Crippen LogP contribution >= 0.6 is 0 Å². The molecule has 3 rings (SSSR count). The van der Waals surface area contributed by atoms with Crippen molar-refractivity contribution >= 4 is 21.6 Å². The fraction of sp³-hybridized carbons (Fsp3) is 0.360. The first kappa shape index (κ1) is 24.5. The molecule has 0 aliphatic heterocycles. The lowest BCUT2D eigenvalue weighted by Gasteiger charge is -2.17. The zero-order valence-electron chi connectivity index (χ0n) is 19.3. The van der Waals surface area contributed by atoms with Crippen LogP contribution in [-0.2, 0) is 16.4 Å². The highest BCUT2D eigenvalue weighted by Crippen LogP contribution is 2.18. The molecule has 0 saturated carbocycles. The van der Waals surface area contributed by atoms with Gasteiger partial charge in [-0.25, -0.2) is 8.42 Å². The smallest absolute Gasteiger partial charge is 0.253 e. The number of amides is 1. The third kappa shape index (κ3) is 7.46. The van der Waals surface area contributed by atoms with Gasteiger partial charge in [0.1, 0.15) is 0 Å². The number of sulfonamides is 1. The lowest BCUT2D eigenvalue weighted by Crippen LogP contribution is -2.28. The topological polar surface area (TPSA) is 95.2 Å². The Balaban J connectivity index is 1.43. The van der Waals surface area contributed by atoms with Crippen molar-refractivity contribution in [2.75, 3.05) is 24.1 Å². The number of H-pyrrole nitrogens is 1. The molecule has 0 radical (unpaired) electrons. The van der Waals surface area contributed by atoms with Crippen LogP contribution in [0.3, 0.4) is 0 Å². The van der Waals surface area contributed by atoms with Crippen LogP contribution in [0.2, 0.25) is 0 Å². The Hall–Kier alpha value is -3.13. The van der Waals surface area contributed by atoms with Gasteiger partial charge in [0, 0.05) is 36.1 Å². The molecule has 7 nitrogen and oxygen atoms in total. The fourth-order valence-electron chi connectivity index (χ4n) is 3.62. The number of nitrogens with zero attached hydrogens (tertiary/aromatic N) is 2. The number of carbonyl (C=O) groups is 1. The number of aromatic amines is 1. The Morgan fingerprint density at radius 3 is 2.58 bits per heavy atom. The van der Waals surface area contributed by atoms with Crippen LogP contribution in [0, 0.1) is 0 Å². The molecule has 1 amide bonds. The minimum Gasteiger partial charge on any atom is -0.342 e. The Labute approximate surface area is 196 Å². The van der Waals surface area contributed by atoms with Crippen LogP contribution in [0.25, 0.3) is 11.3 Å². The van der Waals surface area contributed by atoms with Crippen LogP contribution in [0.4, 0.5) is 5.69 Å². The van der Waals surface area contributed by atoms with E-state index in [1.165, 1.54) is 0 Å². The molecule has 3 aromatic rings. The van der Waals surface area contributed by atoms with Gasteiger partial charge in [-0.3, -0.25) is 14.6 Å². The number of carbonyl (C=O) groups excluding carboxylic acids is 1. The summed E-state index contributed by atoms with van der Waals surface area (Å²) in [7, 11) is -1.61. The summed E-state index contributed by atoms with van der Waals surface area (Å²) in [6.45, 7) is 2.45. The van der Waals surface area contributed by atoms with Crippen LogP contribution in [-0.4, -0.2) is 48.8 Å². The third-order valence-corrected chi connectivity index (χ3v) is 6.83. The molecule has 0 bridgehead atoms. The number of anilines is 1. The van der Waals surface area contributed by atoms with Crippen molar-refractivity contribution < 1.29 is 13.2 Å². The van der Waals surface area contributed by atoms with Gasteiger partial charge in [0.05, 0.1) is 11.4 Å². The predicted molar refractivity (Wildman–Crippen MR) is 133 cm³/mol. The van der Waals surface area contributed by atoms with Crippen LogP contribution in [0.5, 0.6) is 0 Å². The Morgan fingerprint density at radius 1 is 1.03 bits per heavy atom. The highest BCUT2D eigenvalue weighted by Gasteiger charge is 2.14. The molecule has 2 aromatic carbocycles. The number of hydrogen-bond acceptors (Lipinski definition) is 4. The van der Waals surface area contributed by atoms with Gasteiger partial charge in [0.2, 0.25) is 10.0 Å². The lowest BCUT2D eigenvalue weighted by molar-refractivity contribution is 0.0792. The summed E-state index contributed by atoms with van der Waals surface area (Å²) in [6.07, 6.45) is 4.34. The second kappa shape index (κ2) is 11.7. The van der Waals surface area contributed by atoms with Gasteiger partial charge >= 0.3 is 0 Å². The second-order valence-corrected chi connectivity index (χ2v) is 10.0. The quantitative estimate of drug-likeness (QED) is 0.376. The van der Waals surface area contributed by atoms with Gasteiger partial charge in [0.25, 0.3) is 5.91 Å². The summed E-state index contributed by atoms with van der Waals surface area (Å²) in [6, 6.07) is 18.8.